The van der Waals surface area contributed by atoms with Gasteiger partial charge in [-0.25, -0.2) is 4.39 Å². The van der Waals surface area contributed by atoms with E-state index >= 15 is 0 Å². The average Bonchev–Trinajstić information content (AvgIpc) is 3.69. The third-order valence-electron chi connectivity index (χ3n) is 11.3. The lowest BCUT2D eigenvalue weighted by Gasteiger charge is -2.52. The van der Waals surface area contributed by atoms with Gasteiger partial charge in [-0.05, 0) is 62.6 Å². The molecule has 10 heteroatoms. The molecule has 8 rings (SSSR count). The lowest BCUT2D eigenvalue weighted by atomic mass is 9.69. The highest BCUT2D eigenvalue weighted by atomic mass is 19.1. The second-order valence-corrected chi connectivity index (χ2v) is 13.6. The molecular weight excluding hydrogens is 535 g/mol. The summed E-state index contributed by atoms with van der Waals surface area (Å²) in [4.78, 5) is 14.7. The smallest absolute Gasteiger partial charge is 0.318 e. The molecule has 6 heterocycles. The SMILES string of the molecule is C[C@H]1CC[C@]2(Cc3nc(OC[C@@]45CCCN4C[C@H](F)C5)nc(N4CCC45CCOC5)c3CO2)c2c1ccc(N)c2C#N. The number of nitrogens with zero attached hydrogens (tertiary/aromatic N) is 5. The largest absolute Gasteiger partial charge is 0.461 e. The number of nitriles is 1. The van der Waals surface area contributed by atoms with Crippen LogP contribution in [0.5, 0.6) is 6.01 Å². The van der Waals surface area contributed by atoms with Crippen LogP contribution in [0.25, 0.3) is 0 Å². The first kappa shape index (κ1) is 26.6. The van der Waals surface area contributed by atoms with Crippen LogP contribution in [0, 0.1) is 11.3 Å². The maximum Gasteiger partial charge on any atom is 0.318 e. The summed E-state index contributed by atoms with van der Waals surface area (Å²) in [6.45, 7) is 6.69. The van der Waals surface area contributed by atoms with Crippen LogP contribution in [0.1, 0.15) is 85.7 Å². The van der Waals surface area contributed by atoms with Gasteiger partial charge in [0, 0.05) is 49.4 Å². The van der Waals surface area contributed by atoms with E-state index in [0.29, 0.717) is 62.4 Å². The fourth-order valence-electron chi connectivity index (χ4n) is 8.84. The number of aromatic nitrogens is 2. The highest BCUT2D eigenvalue weighted by Crippen LogP contribution is 2.52. The summed E-state index contributed by atoms with van der Waals surface area (Å²) in [5.41, 5.74) is 10.3. The Kier molecular flexibility index (Phi) is 6.02. The van der Waals surface area contributed by atoms with Crippen LogP contribution in [-0.4, -0.2) is 71.6 Å². The van der Waals surface area contributed by atoms with Crippen molar-refractivity contribution in [1.82, 2.24) is 14.9 Å². The molecule has 1 unspecified atom stereocenters. The molecule has 5 atom stereocenters. The summed E-state index contributed by atoms with van der Waals surface area (Å²) < 4.78 is 33.6. The zero-order valence-corrected chi connectivity index (χ0v) is 24.3. The number of anilines is 2. The molecule has 0 amide bonds. The summed E-state index contributed by atoms with van der Waals surface area (Å²) in [6, 6.07) is 6.65. The van der Waals surface area contributed by atoms with Gasteiger partial charge in [-0.2, -0.15) is 15.2 Å². The van der Waals surface area contributed by atoms with E-state index in [2.05, 4.69) is 28.9 Å². The van der Waals surface area contributed by atoms with E-state index in [1.165, 1.54) is 0 Å². The van der Waals surface area contributed by atoms with Gasteiger partial charge >= 0.3 is 6.01 Å². The molecule has 2 aromatic rings. The summed E-state index contributed by atoms with van der Waals surface area (Å²) in [6.07, 6.45) is 5.98. The number of nitrogen functional groups attached to an aromatic ring is 1. The average molecular weight is 575 g/mol. The number of hydrogen-bond acceptors (Lipinski definition) is 9. The molecule has 6 aliphatic rings. The van der Waals surface area contributed by atoms with Crippen LogP contribution in [-0.2, 0) is 28.1 Å². The number of benzene rings is 1. The van der Waals surface area contributed by atoms with Crippen LogP contribution >= 0.6 is 0 Å². The zero-order valence-electron chi connectivity index (χ0n) is 24.3. The van der Waals surface area contributed by atoms with E-state index in [1.54, 1.807) is 0 Å². The van der Waals surface area contributed by atoms with Crippen molar-refractivity contribution < 1.29 is 18.6 Å². The number of hydrogen-bond donors (Lipinski definition) is 1. The predicted octanol–water partition coefficient (Wildman–Crippen LogP) is 4.12. The molecular formula is C32H39FN6O3. The number of ether oxygens (including phenoxy) is 3. The lowest BCUT2D eigenvalue weighted by Crippen LogP contribution is -2.61. The van der Waals surface area contributed by atoms with E-state index in [1.807, 2.05) is 6.07 Å². The first-order chi connectivity index (χ1) is 20.4. The van der Waals surface area contributed by atoms with E-state index in [4.69, 9.17) is 29.9 Å². The highest BCUT2D eigenvalue weighted by Gasteiger charge is 2.52. The van der Waals surface area contributed by atoms with Gasteiger partial charge in [0.25, 0.3) is 0 Å². The molecule has 2 N–H and O–H groups in total. The molecule has 5 aliphatic heterocycles. The number of halogens is 1. The minimum absolute atomic E-state index is 0.0440. The Morgan fingerprint density at radius 3 is 2.90 bits per heavy atom. The van der Waals surface area contributed by atoms with Crippen molar-refractivity contribution in [3.8, 4) is 12.1 Å². The van der Waals surface area contributed by atoms with Crippen LogP contribution in [0.4, 0.5) is 15.9 Å². The van der Waals surface area contributed by atoms with Crippen LogP contribution < -0.4 is 15.4 Å². The van der Waals surface area contributed by atoms with Crippen molar-refractivity contribution in [1.29, 1.82) is 5.26 Å². The molecule has 0 bridgehead atoms. The third-order valence-corrected chi connectivity index (χ3v) is 11.3. The molecule has 1 aliphatic carbocycles. The highest BCUT2D eigenvalue weighted by molar-refractivity contribution is 5.64. The van der Waals surface area contributed by atoms with Crippen LogP contribution in [0.3, 0.4) is 0 Å². The Morgan fingerprint density at radius 1 is 1.21 bits per heavy atom. The molecule has 0 saturated carbocycles. The second-order valence-electron chi connectivity index (χ2n) is 13.6. The first-order valence-electron chi connectivity index (χ1n) is 15.6. The van der Waals surface area contributed by atoms with E-state index < -0.39 is 11.8 Å². The normalized spacial score (nSPS) is 35.1. The fraction of sp³-hybridized carbons (Fsp3) is 0.656. The monoisotopic (exact) mass is 574 g/mol. The molecule has 42 heavy (non-hydrogen) atoms. The lowest BCUT2D eigenvalue weighted by molar-refractivity contribution is -0.0874. The predicted molar refractivity (Wildman–Crippen MR) is 154 cm³/mol. The topological polar surface area (TPSA) is 110 Å². The van der Waals surface area contributed by atoms with Crippen molar-refractivity contribution in [3.05, 3.63) is 40.1 Å². The maximum atomic E-state index is 14.5. The number of rotatable bonds is 4. The summed E-state index contributed by atoms with van der Waals surface area (Å²) in [5.74, 6) is 1.18. The van der Waals surface area contributed by atoms with E-state index in [9.17, 15) is 9.65 Å². The van der Waals surface area contributed by atoms with Crippen molar-refractivity contribution in [2.24, 2.45) is 0 Å². The van der Waals surface area contributed by atoms with Gasteiger partial charge in [-0.3, -0.25) is 4.90 Å². The number of fused-ring (bicyclic) bond motifs is 4. The Morgan fingerprint density at radius 2 is 2.12 bits per heavy atom. The molecule has 4 fully saturated rings. The Labute approximate surface area is 246 Å². The van der Waals surface area contributed by atoms with Crippen LogP contribution in [0.2, 0.25) is 0 Å². The van der Waals surface area contributed by atoms with Gasteiger partial charge in [0.1, 0.15) is 30.3 Å². The van der Waals surface area contributed by atoms with Gasteiger partial charge in [-0.1, -0.05) is 13.0 Å². The number of alkyl halides is 1. The quantitative estimate of drug-likeness (QED) is 0.539. The second kappa shape index (κ2) is 9.50. The molecule has 2 spiro atoms. The molecule has 9 nitrogen and oxygen atoms in total. The van der Waals surface area contributed by atoms with Crippen molar-refractivity contribution in [2.75, 3.05) is 50.1 Å². The Hall–Kier alpha value is -3.00. The molecule has 222 valence electrons. The van der Waals surface area contributed by atoms with Crippen molar-refractivity contribution in [3.63, 3.8) is 0 Å². The van der Waals surface area contributed by atoms with Gasteiger partial charge in [0.15, 0.2) is 0 Å². The van der Waals surface area contributed by atoms with Crippen LogP contribution in [0.15, 0.2) is 12.1 Å². The molecule has 1 aromatic carbocycles. The third kappa shape index (κ3) is 3.82. The fourth-order valence-corrected chi connectivity index (χ4v) is 8.84. The minimum atomic E-state index is -0.815. The van der Waals surface area contributed by atoms with E-state index in [-0.39, 0.29) is 11.1 Å². The Balaban J connectivity index is 1.19. The zero-order chi connectivity index (χ0) is 28.7. The first-order valence-corrected chi connectivity index (χ1v) is 15.6. The van der Waals surface area contributed by atoms with Crippen molar-refractivity contribution in [2.45, 2.75) is 93.7 Å². The minimum Gasteiger partial charge on any atom is -0.461 e. The van der Waals surface area contributed by atoms with E-state index in [0.717, 1.165) is 86.4 Å². The summed E-state index contributed by atoms with van der Waals surface area (Å²) >= 11 is 0. The Bertz CT molecular complexity index is 1470. The van der Waals surface area contributed by atoms with Gasteiger partial charge in [0.2, 0.25) is 0 Å². The molecule has 4 saturated heterocycles. The standard InChI is InChI=1S/C32H39FN6O3/c1-20-5-7-32(27-22(20)3-4-25(35)23(27)15-34)14-26-24(17-42-32)28(39-11-8-30(39)9-12-40-18-30)37-29(36-26)41-19-31-6-2-10-38(31)16-21(33)13-31/h3-4,20-21H,2,5-14,16-19,35H2,1H3/t20-,21+,30?,31-,32-/m0/s1. The van der Waals surface area contributed by atoms with Gasteiger partial charge in [0.05, 0.1) is 35.5 Å². The maximum absolute atomic E-state index is 14.5. The van der Waals surface area contributed by atoms with Gasteiger partial charge < -0.3 is 24.8 Å². The molecule has 0 radical (unpaired) electrons. The summed E-state index contributed by atoms with van der Waals surface area (Å²) in [7, 11) is 0. The summed E-state index contributed by atoms with van der Waals surface area (Å²) in [5, 5.41) is 10.2. The van der Waals surface area contributed by atoms with Crippen molar-refractivity contribution >= 4 is 11.5 Å². The number of nitrogens with two attached hydrogens (primary N) is 1. The van der Waals surface area contributed by atoms with Gasteiger partial charge in [-0.15, -0.1) is 0 Å². The molecule has 1 aromatic heterocycles.